The molecule has 3 amide bonds. The molecule has 166 valence electrons. The lowest BCUT2D eigenvalue weighted by Gasteiger charge is -2.21. The lowest BCUT2D eigenvalue weighted by molar-refractivity contribution is -0.130. The average molecular weight is 450 g/mol. The number of hydrogen-bond donors (Lipinski definition) is 3. The van der Waals surface area contributed by atoms with Crippen LogP contribution in [0.1, 0.15) is 18.9 Å². The van der Waals surface area contributed by atoms with Crippen molar-refractivity contribution in [3.63, 3.8) is 0 Å². The van der Waals surface area contributed by atoms with E-state index in [0.717, 1.165) is 0 Å². The van der Waals surface area contributed by atoms with Crippen molar-refractivity contribution in [3.05, 3.63) is 66.0 Å². The first-order chi connectivity index (χ1) is 14.6. The van der Waals surface area contributed by atoms with Gasteiger partial charge in [0.2, 0.25) is 17.7 Å². The van der Waals surface area contributed by atoms with Crippen LogP contribution in [-0.2, 0) is 30.6 Å². The SMILES string of the molecule is CC(=O)N[C@H](Cc1ccc(F)cc1)C(=O)N[C@H](CCS(=O)(=O)c1ccccc1)C(N)=O. The Hall–Kier alpha value is -3.27. The van der Waals surface area contributed by atoms with Crippen LogP contribution in [0.4, 0.5) is 4.39 Å². The number of carbonyl (C=O) groups excluding carboxylic acids is 3. The van der Waals surface area contributed by atoms with Crippen LogP contribution in [0.3, 0.4) is 0 Å². The van der Waals surface area contributed by atoms with Gasteiger partial charge in [-0.25, -0.2) is 12.8 Å². The lowest BCUT2D eigenvalue weighted by atomic mass is 10.0. The monoisotopic (exact) mass is 449 g/mol. The lowest BCUT2D eigenvalue weighted by Crippen LogP contribution is -2.53. The normalized spacial score (nSPS) is 13.1. The zero-order valence-electron chi connectivity index (χ0n) is 16.9. The number of hydrogen-bond acceptors (Lipinski definition) is 5. The molecular weight excluding hydrogens is 425 g/mol. The van der Waals surface area contributed by atoms with Crippen molar-refractivity contribution in [2.45, 2.75) is 36.7 Å². The van der Waals surface area contributed by atoms with E-state index >= 15 is 0 Å². The van der Waals surface area contributed by atoms with Gasteiger partial charge in [-0.2, -0.15) is 0 Å². The molecule has 0 aromatic heterocycles. The number of rotatable bonds is 10. The van der Waals surface area contributed by atoms with Crippen LogP contribution in [0.2, 0.25) is 0 Å². The Kier molecular flexibility index (Phi) is 8.26. The van der Waals surface area contributed by atoms with Gasteiger partial charge in [0, 0.05) is 13.3 Å². The summed E-state index contributed by atoms with van der Waals surface area (Å²) in [6, 6.07) is 10.8. The molecule has 2 rings (SSSR count). The zero-order chi connectivity index (χ0) is 23.0. The second-order valence-electron chi connectivity index (χ2n) is 6.97. The minimum absolute atomic E-state index is 0.0412. The summed E-state index contributed by atoms with van der Waals surface area (Å²) >= 11 is 0. The summed E-state index contributed by atoms with van der Waals surface area (Å²) in [5, 5.41) is 4.88. The van der Waals surface area contributed by atoms with Gasteiger partial charge in [0.1, 0.15) is 17.9 Å². The molecule has 2 aromatic carbocycles. The van der Waals surface area contributed by atoms with E-state index in [-0.39, 0.29) is 17.7 Å². The predicted octanol–water partition coefficient (Wildman–Crippen LogP) is 0.707. The molecule has 0 bridgehead atoms. The van der Waals surface area contributed by atoms with Gasteiger partial charge in [-0.1, -0.05) is 30.3 Å². The summed E-state index contributed by atoms with van der Waals surface area (Å²) in [5.41, 5.74) is 5.93. The smallest absolute Gasteiger partial charge is 0.243 e. The Labute approximate surface area is 179 Å². The number of halogens is 1. The molecule has 0 unspecified atom stereocenters. The van der Waals surface area contributed by atoms with Gasteiger partial charge in [0.25, 0.3) is 0 Å². The number of sulfone groups is 1. The molecular formula is C21H24FN3O5S. The second-order valence-corrected chi connectivity index (χ2v) is 9.08. The summed E-state index contributed by atoms with van der Waals surface area (Å²) in [7, 11) is -3.68. The Morgan fingerprint density at radius 3 is 2.13 bits per heavy atom. The molecule has 0 saturated carbocycles. The molecule has 31 heavy (non-hydrogen) atoms. The van der Waals surface area contributed by atoms with Crippen molar-refractivity contribution < 1.29 is 27.2 Å². The fraction of sp³-hybridized carbons (Fsp3) is 0.286. The van der Waals surface area contributed by atoms with Crippen molar-refractivity contribution in [2.24, 2.45) is 5.73 Å². The van der Waals surface area contributed by atoms with Gasteiger partial charge in [-0.3, -0.25) is 14.4 Å². The first-order valence-corrected chi connectivity index (χ1v) is 11.1. The van der Waals surface area contributed by atoms with Crippen molar-refractivity contribution >= 4 is 27.6 Å². The van der Waals surface area contributed by atoms with Crippen molar-refractivity contribution in [2.75, 3.05) is 5.75 Å². The van der Waals surface area contributed by atoms with Crippen molar-refractivity contribution in [1.29, 1.82) is 0 Å². The number of carbonyl (C=O) groups is 3. The van der Waals surface area contributed by atoms with Gasteiger partial charge in [-0.05, 0) is 36.2 Å². The van der Waals surface area contributed by atoms with Crippen LogP contribution in [0.25, 0.3) is 0 Å². The standard InChI is InChI=1S/C21H24FN3O5S/c1-14(26)24-19(13-15-7-9-16(22)10-8-15)21(28)25-18(20(23)27)11-12-31(29,30)17-5-3-2-4-6-17/h2-10,18-19H,11-13H2,1H3,(H2,23,27)(H,24,26)(H,25,28)/t18-,19-/m1/s1. The van der Waals surface area contributed by atoms with Gasteiger partial charge in [0.15, 0.2) is 9.84 Å². The summed E-state index contributed by atoms with van der Waals surface area (Å²) in [6.45, 7) is 1.23. The molecule has 0 aliphatic carbocycles. The Bertz CT molecular complexity index is 1030. The highest BCUT2D eigenvalue weighted by atomic mass is 32.2. The molecule has 0 aliphatic rings. The van der Waals surface area contributed by atoms with Gasteiger partial charge >= 0.3 is 0 Å². The third kappa shape index (κ3) is 7.49. The number of nitrogens with two attached hydrogens (primary N) is 1. The molecule has 0 fully saturated rings. The van der Waals surface area contributed by atoms with E-state index in [1.807, 2.05) is 0 Å². The van der Waals surface area contributed by atoms with Gasteiger partial charge in [-0.15, -0.1) is 0 Å². The maximum Gasteiger partial charge on any atom is 0.243 e. The highest BCUT2D eigenvalue weighted by molar-refractivity contribution is 7.91. The Morgan fingerprint density at radius 2 is 1.58 bits per heavy atom. The molecule has 2 aromatic rings. The minimum Gasteiger partial charge on any atom is -0.368 e. The van der Waals surface area contributed by atoms with Gasteiger partial charge < -0.3 is 16.4 Å². The third-order valence-electron chi connectivity index (χ3n) is 4.48. The number of benzene rings is 2. The molecule has 0 radical (unpaired) electrons. The van der Waals surface area contributed by atoms with E-state index in [1.165, 1.54) is 43.3 Å². The zero-order valence-corrected chi connectivity index (χ0v) is 17.7. The highest BCUT2D eigenvalue weighted by Crippen LogP contribution is 2.12. The summed E-state index contributed by atoms with van der Waals surface area (Å²) < 4.78 is 38.0. The number of amides is 3. The molecule has 8 nitrogen and oxygen atoms in total. The summed E-state index contributed by atoms with van der Waals surface area (Å²) in [6.07, 6.45) is -0.193. The van der Waals surface area contributed by atoms with Crippen molar-refractivity contribution in [1.82, 2.24) is 10.6 Å². The predicted molar refractivity (Wildman–Crippen MR) is 112 cm³/mol. The van der Waals surface area contributed by atoms with Crippen LogP contribution in [-0.4, -0.2) is 44.0 Å². The van der Waals surface area contributed by atoms with E-state index < -0.39 is 51.2 Å². The van der Waals surface area contributed by atoms with Gasteiger partial charge in [0.05, 0.1) is 10.6 Å². The maximum atomic E-state index is 13.1. The summed E-state index contributed by atoms with van der Waals surface area (Å²) in [4.78, 5) is 36.1. The Balaban J connectivity index is 2.09. The minimum atomic E-state index is -3.68. The highest BCUT2D eigenvalue weighted by Gasteiger charge is 2.27. The average Bonchev–Trinajstić information content (AvgIpc) is 2.72. The van der Waals surface area contributed by atoms with Crippen molar-refractivity contribution in [3.8, 4) is 0 Å². The third-order valence-corrected chi connectivity index (χ3v) is 6.25. The van der Waals surface area contributed by atoms with E-state index in [4.69, 9.17) is 5.73 Å². The molecule has 4 N–H and O–H groups in total. The second kappa shape index (κ2) is 10.7. The summed E-state index contributed by atoms with van der Waals surface area (Å²) in [5.74, 6) is -2.95. The Morgan fingerprint density at radius 1 is 0.968 bits per heavy atom. The topological polar surface area (TPSA) is 135 Å². The van der Waals surface area contributed by atoms with Crippen LogP contribution in [0.5, 0.6) is 0 Å². The molecule has 0 saturated heterocycles. The number of primary amides is 1. The molecule has 0 aliphatic heterocycles. The van der Waals surface area contributed by atoms with Crippen LogP contribution in [0.15, 0.2) is 59.5 Å². The molecule has 10 heteroatoms. The fourth-order valence-corrected chi connectivity index (χ4v) is 4.24. The number of nitrogens with one attached hydrogen (secondary N) is 2. The van der Waals surface area contributed by atoms with E-state index in [2.05, 4.69) is 10.6 Å². The maximum absolute atomic E-state index is 13.1. The van der Waals surface area contributed by atoms with Crippen LogP contribution >= 0.6 is 0 Å². The molecule has 0 spiro atoms. The fourth-order valence-electron chi connectivity index (χ4n) is 2.89. The molecule has 2 atom stereocenters. The molecule has 0 heterocycles. The van der Waals surface area contributed by atoms with Crippen LogP contribution in [0, 0.1) is 5.82 Å². The largest absolute Gasteiger partial charge is 0.368 e. The quantitative estimate of drug-likeness (QED) is 0.491. The van der Waals surface area contributed by atoms with E-state index in [0.29, 0.717) is 5.56 Å². The first-order valence-electron chi connectivity index (χ1n) is 9.47. The van der Waals surface area contributed by atoms with Crippen LogP contribution < -0.4 is 16.4 Å². The van der Waals surface area contributed by atoms with E-state index in [1.54, 1.807) is 18.2 Å². The first kappa shape index (κ1) is 24.0. The van der Waals surface area contributed by atoms with E-state index in [9.17, 15) is 27.2 Å².